The van der Waals surface area contributed by atoms with Crippen LogP contribution in [0.15, 0.2) is 0 Å². The van der Waals surface area contributed by atoms with Crippen LogP contribution in [0.4, 0.5) is 0 Å². The highest BCUT2D eigenvalue weighted by atomic mass is 16.5. The Labute approximate surface area is 63.8 Å². The van der Waals surface area contributed by atoms with E-state index in [2.05, 4.69) is 13.8 Å². The Kier molecular flexibility index (Phi) is 3.20. The van der Waals surface area contributed by atoms with Crippen molar-refractivity contribution in [1.29, 1.82) is 0 Å². The van der Waals surface area contributed by atoms with Crippen molar-refractivity contribution in [2.24, 2.45) is 5.92 Å². The normalized spacial score (nSPS) is 33.0. The molecule has 0 amide bonds. The minimum atomic E-state index is 0.593. The molecule has 10 heavy (non-hydrogen) atoms. The third kappa shape index (κ3) is 1.98. The first kappa shape index (κ1) is 8.06. The standard InChI is InChI=1S/C9H18O/c1-3-5-9-6-8(4-2)7-10-9/h8-9H,3-7H2,1-2H3. The summed E-state index contributed by atoms with van der Waals surface area (Å²) < 4.78 is 5.60. The van der Waals surface area contributed by atoms with Crippen LogP contribution in [-0.2, 0) is 4.74 Å². The van der Waals surface area contributed by atoms with Gasteiger partial charge in [-0.05, 0) is 18.8 Å². The van der Waals surface area contributed by atoms with Crippen LogP contribution in [0.3, 0.4) is 0 Å². The molecule has 1 aliphatic rings. The first-order valence-corrected chi connectivity index (χ1v) is 4.48. The average Bonchev–Trinajstić information content (AvgIpc) is 2.37. The molecule has 0 N–H and O–H groups in total. The Morgan fingerprint density at radius 1 is 1.40 bits per heavy atom. The minimum Gasteiger partial charge on any atom is -0.378 e. The van der Waals surface area contributed by atoms with Crippen molar-refractivity contribution < 1.29 is 4.74 Å². The maximum absolute atomic E-state index is 5.60. The van der Waals surface area contributed by atoms with E-state index >= 15 is 0 Å². The van der Waals surface area contributed by atoms with Gasteiger partial charge in [-0.2, -0.15) is 0 Å². The maximum atomic E-state index is 5.60. The first-order valence-electron chi connectivity index (χ1n) is 4.48. The monoisotopic (exact) mass is 142 g/mol. The summed E-state index contributed by atoms with van der Waals surface area (Å²) in [7, 11) is 0. The van der Waals surface area contributed by atoms with Crippen LogP contribution in [0, 0.1) is 5.92 Å². The molecule has 60 valence electrons. The molecule has 0 saturated carbocycles. The summed E-state index contributed by atoms with van der Waals surface area (Å²) in [6.07, 6.45) is 5.72. The van der Waals surface area contributed by atoms with E-state index in [-0.39, 0.29) is 0 Å². The molecule has 1 nitrogen and oxygen atoms in total. The van der Waals surface area contributed by atoms with Crippen molar-refractivity contribution in [1.82, 2.24) is 0 Å². The molecule has 2 unspecified atom stereocenters. The van der Waals surface area contributed by atoms with Crippen molar-refractivity contribution >= 4 is 0 Å². The highest BCUT2D eigenvalue weighted by Gasteiger charge is 2.22. The van der Waals surface area contributed by atoms with Gasteiger partial charge in [0.1, 0.15) is 0 Å². The van der Waals surface area contributed by atoms with Gasteiger partial charge in [0.05, 0.1) is 6.10 Å². The zero-order valence-electron chi connectivity index (χ0n) is 7.10. The Balaban J connectivity index is 2.15. The Morgan fingerprint density at radius 3 is 2.70 bits per heavy atom. The topological polar surface area (TPSA) is 9.23 Å². The predicted octanol–water partition coefficient (Wildman–Crippen LogP) is 2.60. The Bertz CT molecular complexity index is 90.7. The minimum absolute atomic E-state index is 0.593. The summed E-state index contributed by atoms with van der Waals surface area (Å²) in [5.74, 6) is 0.858. The van der Waals surface area contributed by atoms with Gasteiger partial charge in [0, 0.05) is 6.61 Å². The summed E-state index contributed by atoms with van der Waals surface area (Å²) in [5, 5.41) is 0. The summed E-state index contributed by atoms with van der Waals surface area (Å²) >= 11 is 0. The van der Waals surface area contributed by atoms with Crippen molar-refractivity contribution in [2.75, 3.05) is 6.61 Å². The van der Waals surface area contributed by atoms with E-state index < -0.39 is 0 Å². The second-order valence-electron chi connectivity index (χ2n) is 3.25. The van der Waals surface area contributed by atoms with E-state index in [0.29, 0.717) is 6.10 Å². The highest BCUT2D eigenvalue weighted by Crippen LogP contribution is 2.24. The smallest absolute Gasteiger partial charge is 0.0578 e. The number of hydrogen-bond acceptors (Lipinski definition) is 1. The molecule has 0 radical (unpaired) electrons. The van der Waals surface area contributed by atoms with Crippen LogP contribution >= 0.6 is 0 Å². The summed E-state index contributed by atoms with van der Waals surface area (Å²) in [6.45, 7) is 5.49. The molecular weight excluding hydrogens is 124 g/mol. The van der Waals surface area contributed by atoms with Crippen LogP contribution in [0.5, 0.6) is 0 Å². The van der Waals surface area contributed by atoms with Crippen LogP contribution < -0.4 is 0 Å². The van der Waals surface area contributed by atoms with E-state index in [4.69, 9.17) is 4.74 Å². The first-order chi connectivity index (χ1) is 4.86. The highest BCUT2D eigenvalue weighted by molar-refractivity contribution is 4.71. The lowest BCUT2D eigenvalue weighted by molar-refractivity contribution is 0.0993. The van der Waals surface area contributed by atoms with Gasteiger partial charge in [-0.1, -0.05) is 26.7 Å². The van der Waals surface area contributed by atoms with Gasteiger partial charge in [-0.3, -0.25) is 0 Å². The SMILES string of the molecule is CCCC1CC(CC)CO1. The molecule has 1 fully saturated rings. The quantitative estimate of drug-likeness (QED) is 0.588. The third-order valence-corrected chi connectivity index (χ3v) is 2.35. The van der Waals surface area contributed by atoms with E-state index in [9.17, 15) is 0 Å². The summed E-state index contributed by atoms with van der Waals surface area (Å²) in [4.78, 5) is 0. The van der Waals surface area contributed by atoms with Crippen LogP contribution in [0.1, 0.15) is 39.5 Å². The van der Waals surface area contributed by atoms with Crippen molar-refractivity contribution in [3.63, 3.8) is 0 Å². The van der Waals surface area contributed by atoms with Crippen LogP contribution in [0.25, 0.3) is 0 Å². The lowest BCUT2D eigenvalue weighted by atomic mass is 10.0. The van der Waals surface area contributed by atoms with Gasteiger partial charge < -0.3 is 4.74 Å². The number of ether oxygens (including phenoxy) is 1. The molecule has 1 saturated heterocycles. The van der Waals surface area contributed by atoms with Crippen molar-refractivity contribution in [3.05, 3.63) is 0 Å². The average molecular weight is 142 g/mol. The zero-order chi connectivity index (χ0) is 7.40. The Hall–Kier alpha value is -0.0400. The maximum Gasteiger partial charge on any atom is 0.0578 e. The second kappa shape index (κ2) is 3.97. The van der Waals surface area contributed by atoms with Gasteiger partial charge in [-0.15, -0.1) is 0 Å². The molecule has 0 aromatic heterocycles. The molecule has 0 aromatic carbocycles. The number of hydrogen-bond donors (Lipinski definition) is 0. The van der Waals surface area contributed by atoms with Crippen LogP contribution in [-0.4, -0.2) is 12.7 Å². The van der Waals surface area contributed by atoms with E-state index in [0.717, 1.165) is 12.5 Å². The summed E-state index contributed by atoms with van der Waals surface area (Å²) in [5.41, 5.74) is 0. The number of rotatable bonds is 3. The van der Waals surface area contributed by atoms with Crippen molar-refractivity contribution in [2.45, 2.75) is 45.6 Å². The molecule has 1 aliphatic heterocycles. The van der Waals surface area contributed by atoms with E-state index in [1.54, 1.807) is 0 Å². The zero-order valence-corrected chi connectivity index (χ0v) is 7.10. The molecule has 0 bridgehead atoms. The molecular formula is C9H18O. The molecule has 0 aliphatic carbocycles. The molecule has 1 heteroatoms. The molecule has 1 rings (SSSR count). The van der Waals surface area contributed by atoms with E-state index in [1.165, 1.54) is 25.7 Å². The fourth-order valence-electron chi connectivity index (χ4n) is 1.59. The molecule has 2 atom stereocenters. The lowest BCUT2D eigenvalue weighted by Crippen LogP contribution is -2.03. The fourth-order valence-corrected chi connectivity index (χ4v) is 1.59. The van der Waals surface area contributed by atoms with Gasteiger partial charge >= 0.3 is 0 Å². The predicted molar refractivity (Wildman–Crippen MR) is 43.0 cm³/mol. The van der Waals surface area contributed by atoms with Crippen LogP contribution in [0.2, 0.25) is 0 Å². The largest absolute Gasteiger partial charge is 0.378 e. The lowest BCUT2D eigenvalue weighted by Gasteiger charge is -2.05. The molecule has 1 heterocycles. The second-order valence-corrected chi connectivity index (χ2v) is 3.25. The van der Waals surface area contributed by atoms with Gasteiger partial charge in [-0.25, -0.2) is 0 Å². The van der Waals surface area contributed by atoms with Gasteiger partial charge in [0.25, 0.3) is 0 Å². The third-order valence-electron chi connectivity index (χ3n) is 2.35. The molecule has 0 spiro atoms. The van der Waals surface area contributed by atoms with Gasteiger partial charge in [0.15, 0.2) is 0 Å². The summed E-state index contributed by atoms with van der Waals surface area (Å²) in [6, 6.07) is 0. The van der Waals surface area contributed by atoms with Gasteiger partial charge in [0.2, 0.25) is 0 Å². The fraction of sp³-hybridized carbons (Fsp3) is 1.00. The van der Waals surface area contributed by atoms with E-state index in [1.807, 2.05) is 0 Å². The van der Waals surface area contributed by atoms with Crippen molar-refractivity contribution in [3.8, 4) is 0 Å². The Morgan fingerprint density at radius 2 is 2.20 bits per heavy atom. The molecule has 0 aromatic rings.